The number of hydrogen-bond donors (Lipinski definition) is 2. The zero-order chi connectivity index (χ0) is 15.5. The van der Waals surface area contributed by atoms with Crippen LogP contribution in [-0.2, 0) is 4.79 Å². The van der Waals surface area contributed by atoms with E-state index in [9.17, 15) is 9.90 Å². The number of para-hydroxylation sites is 1. The van der Waals surface area contributed by atoms with Gasteiger partial charge < -0.3 is 15.2 Å². The predicted octanol–water partition coefficient (Wildman–Crippen LogP) is 2.18. The van der Waals surface area contributed by atoms with Gasteiger partial charge in [0.05, 0.1) is 19.0 Å². The summed E-state index contributed by atoms with van der Waals surface area (Å²) in [5, 5.41) is 20.2. The molecule has 0 spiro atoms. The summed E-state index contributed by atoms with van der Waals surface area (Å²) in [5.41, 5.74) is 2.43. The Kier molecular flexibility index (Phi) is 3.57. The molecule has 0 aromatic heterocycles. The van der Waals surface area contributed by atoms with Crippen LogP contribution in [0.1, 0.15) is 11.1 Å². The van der Waals surface area contributed by atoms with Gasteiger partial charge in [-0.1, -0.05) is 18.2 Å². The highest BCUT2D eigenvalue weighted by atomic mass is 16.5. The molecule has 2 N–H and O–H groups in total. The first-order valence-electron chi connectivity index (χ1n) is 6.58. The zero-order valence-corrected chi connectivity index (χ0v) is 11.8. The second-order valence-electron chi connectivity index (χ2n) is 4.62. The monoisotopic (exact) mass is 295 g/mol. The third-order valence-corrected chi connectivity index (χ3v) is 3.21. The lowest BCUT2D eigenvalue weighted by Gasteiger charge is -2.02. The molecule has 22 heavy (non-hydrogen) atoms. The lowest BCUT2D eigenvalue weighted by atomic mass is 10.1. The minimum atomic E-state index is -0.276. The van der Waals surface area contributed by atoms with Crippen LogP contribution in [0, 0.1) is 0 Å². The van der Waals surface area contributed by atoms with Gasteiger partial charge in [-0.2, -0.15) is 5.10 Å². The summed E-state index contributed by atoms with van der Waals surface area (Å²) >= 11 is 0. The number of hydrogen-bond acceptors (Lipinski definition) is 5. The van der Waals surface area contributed by atoms with E-state index in [0.717, 1.165) is 11.3 Å². The lowest BCUT2D eigenvalue weighted by Crippen LogP contribution is -2.13. The number of benzene rings is 2. The summed E-state index contributed by atoms with van der Waals surface area (Å²) in [6.07, 6.45) is 1.49. The smallest absolute Gasteiger partial charge is 0.276 e. The number of methoxy groups -OCH3 is 1. The minimum Gasteiger partial charge on any atom is -0.504 e. The average molecular weight is 295 g/mol. The number of anilines is 1. The third kappa shape index (κ3) is 2.54. The molecular weight excluding hydrogens is 282 g/mol. The normalized spacial score (nSPS) is 15.1. The van der Waals surface area contributed by atoms with Crippen LogP contribution < -0.4 is 10.1 Å². The maximum absolute atomic E-state index is 11.8. The summed E-state index contributed by atoms with van der Waals surface area (Å²) in [6.45, 7) is 0. The molecule has 2 aromatic rings. The Morgan fingerprint density at radius 3 is 2.86 bits per heavy atom. The molecule has 6 nitrogen and oxygen atoms in total. The second-order valence-corrected chi connectivity index (χ2v) is 4.62. The van der Waals surface area contributed by atoms with E-state index in [0.29, 0.717) is 11.3 Å². The van der Waals surface area contributed by atoms with Crippen molar-refractivity contribution in [3.05, 3.63) is 53.6 Å². The van der Waals surface area contributed by atoms with Gasteiger partial charge in [-0.15, -0.1) is 5.10 Å². The van der Waals surface area contributed by atoms with E-state index >= 15 is 0 Å². The van der Waals surface area contributed by atoms with E-state index < -0.39 is 0 Å². The number of phenolic OH excluding ortho intramolecular Hbond substituents is 1. The number of rotatable bonds is 3. The first-order valence-corrected chi connectivity index (χ1v) is 6.58. The molecule has 0 unspecified atom stereocenters. The Labute approximate surface area is 126 Å². The first kappa shape index (κ1) is 13.8. The Morgan fingerprint density at radius 1 is 1.23 bits per heavy atom. The quantitative estimate of drug-likeness (QED) is 0.672. The number of aromatic hydroxyl groups is 1. The minimum absolute atomic E-state index is 0.0510. The standard InChI is InChI=1S/C16H13N3O3/c1-22-14-8-10(6-7-13(14)20)9-17-19-15-11-4-2-3-5-12(11)18-16(15)21/h2-9,20H,1H3,(H,18,19,21)/b17-9+. The summed E-state index contributed by atoms with van der Waals surface area (Å²) < 4.78 is 5.02. The predicted molar refractivity (Wildman–Crippen MR) is 83.9 cm³/mol. The van der Waals surface area contributed by atoms with Crippen molar-refractivity contribution >= 4 is 23.5 Å². The number of nitrogens with one attached hydrogen (secondary N) is 1. The molecule has 2 aromatic carbocycles. The maximum atomic E-state index is 11.8. The molecule has 0 bridgehead atoms. The largest absolute Gasteiger partial charge is 0.504 e. The Hall–Kier alpha value is -3.15. The first-order chi connectivity index (χ1) is 10.7. The SMILES string of the molecule is COc1cc(/C=N/N=C2\C(=O)Nc3ccccc32)ccc1O. The Bertz CT molecular complexity index is 797. The van der Waals surface area contributed by atoms with E-state index in [1.807, 2.05) is 24.3 Å². The van der Waals surface area contributed by atoms with Gasteiger partial charge in [-0.25, -0.2) is 0 Å². The van der Waals surface area contributed by atoms with Crippen LogP contribution >= 0.6 is 0 Å². The maximum Gasteiger partial charge on any atom is 0.276 e. The number of phenols is 1. The highest BCUT2D eigenvalue weighted by Gasteiger charge is 2.25. The summed E-state index contributed by atoms with van der Waals surface area (Å²) in [5.74, 6) is 0.122. The van der Waals surface area contributed by atoms with Crippen molar-refractivity contribution in [2.75, 3.05) is 12.4 Å². The summed E-state index contributed by atoms with van der Waals surface area (Å²) in [4.78, 5) is 11.8. The third-order valence-electron chi connectivity index (χ3n) is 3.21. The van der Waals surface area contributed by atoms with Crippen molar-refractivity contribution in [3.63, 3.8) is 0 Å². The van der Waals surface area contributed by atoms with Crippen molar-refractivity contribution in [1.82, 2.24) is 0 Å². The van der Waals surface area contributed by atoms with Crippen molar-refractivity contribution in [2.45, 2.75) is 0 Å². The number of nitrogens with zero attached hydrogens (tertiary/aromatic N) is 2. The molecule has 1 heterocycles. The fourth-order valence-electron chi connectivity index (χ4n) is 2.13. The van der Waals surface area contributed by atoms with Gasteiger partial charge in [0.25, 0.3) is 5.91 Å². The second kappa shape index (κ2) is 5.69. The van der Waals surface area contributed by atoms with Crippen LogP contribution in [0.15, 0.2) is 52.7 Å². The lowest BCUT2D eigenvalue weighted by molar-refractivity contribution is -0.110. The van der Waals surface area contributed by atoms with Crippen molar-refractivity contribution in [3.8, 4) is 11.5 Å². The van der Waals surface area contributed by atoms with Crippen LogP contribution in [0.2, 0.25) is 0 Å². The van der Waals surface area contributed by atoms with Crippen molar-refractivity contribution < 1.29 is 14.6 Å². The molecule has 0 aliphatic carbocycles. The molecule has 1 aliphatic rings. The molecule has 1 amide bonds. The number of carbonyl (C=O) groups is 1. The molecule has 0 saturated heterocycles. The molecule has 0 atom stereocenters. The van der Waals surface area contributed by atoms with Crippen LogP contribution in [-0.4, -0.2) is 30.0 Å². The van der Waals surface area contributed by atoms with Crippen LogP contribution in [0.4, 0.5) is 5.69 Å². The van der Waals surface area contributed by atoms with Crippen LogP contribution in [0.25, 0.3) is 0 Å². The fourth-order valence-corrected chi connectivity index (χ4v) is 2.13. The zero-order valence-electron chi connectivity index (χ0n) is 11.8. The van der Waals surface area contributed by atoms with Crippen LogP contribution in [0.3, 0.4) is 0 Å². The molecule has 0 fully saturated rings. The number of fused-ring (bicyclic) bond motifs is 1. The van der Waals surface area contributed by atoms with Crippen molar-refractivity contribution in [2.24, 2.45) is 10.2 Å². The van der Waals surface area contributed by atoms with E-state index in [4.69, 9.17) is 4.74 Å². The van der Waals surface area contributed by atoms with Gasteiger partial charge in [0, 0.05) is 5.56 Å². The highest BCUT2D eigenvalue weighted by molar-refractivity contribution is 6.53. The fraction of sp³-hybridized carbons (Fsp3) is 0.0625. The molecule has 1 aliphatic heterocycles. The number of ether oxygens (including phenoxy) is 1. The van der Waals surface area contributed by atoms with E-state index in [2.05, 4.69) is 15.5 Å². The van der Waals surface area contributed by atoms with Gasteiger partial charge in [-0.3, -0.25) is 4.79 Å². The number of amides is 1. The van der Waals surface area contributed by atoms with Crippen molar-refractivity contribution in [1.29, 1.82) is 0 Å². The molecule has 110 valence electrons. The van der Waals surface area contributed by atoms with E-state index in [-0.39, 0.29) is 17.4 Å². The average Bonchev–Trinajstić information content (AvgIpc) is 2.85. The van der Waals surface area contributed by atoms with E-state index in [1.165, 1.54) is 19.4 Å². The topological polar surface area (TPSA) is 83.3 Å². The van der Waals surface area contributed by atoms with E-state index in [1.54, 1.807) is 12.1 Å². The molecule has 0 saturated carbocycles. The van der Waals surface area contributed by atoms with Gasteiger partial charge in [0.15, 0.2) is 17.2 Å². The molecule has 6 heteroatoms. The van der Waals surface area contributed by atoms with Gasteiger partial charge in [0.2, 0.25) is 0 Å². The number of carbonyl (C=O) groups excluding carboxylic acids is 1. The van der Waals surface area contributed by atoms with Gasteiger partial charge >= 0.3 is 0 Å². The molecular formula is C16H13N3O3. The highest BCUT2D eigenvalue weighted by Crippen LogP contribution is 2.26. The Morgan fingerprint density at radius 2 is 2.05 bits per heavy atom. The molecule has 3 rings (SSSR count). The summed E-state index contributed by atoms with van der Waals surface area (Å²) in [7, 11) is 1.47. The van der Waals surface area contributed by atoms with Gasteiger partial charge in [-0.05, 0) is 29.8 Å². The summed E-state index contributed by atoms with van der Waals surface area (Å²) in [6, 6.07) is 12.1. The molecule has 0 radical (unpaired) electrons. The Balaban J connectivity index is 1.86. The van der Waals surface area contributed by atoms with Crippen LogP contribution in [0.5, 0.6) is 11.5 Å². The van der Waals surface area contributed by atoms with Gasteiger partial charge in [0.1, 0.15) is 0 Å².